The second kappa shape index (κ2) is 5.51. The van der Waals surface area contributed by atoms with Crippen molar-refractivity contribution in [2.45, 2.75) is 13.5 Å². The zero-order chi connectivity index (χ0) is 13.1. The van der Waals surface area contributed by atoms with Gasteiger partial charge in [0.2, 0.25) is 0 Å². The molecule has 18 heavy (non-hydrogen) atoms. The van der Waals surface area contributed by atoms with Crippen LogP contribution in [-0.2, 0) is 6.61 Å². The number of hydrogen-bond acceptors (Lipinski definition) is 2. The third kappa shape index (κ3) is 3.09. The van der Waals surface area contributed by atoms with Crippen LogP contribution in [-0.4, -0.2) is 0 Å². The van der Waals surface area contributed by atoms with E-state index in [9.17, 15) is 0 Å². The average molecular weight is 282 g/mol. The first-order chi connectivity index (χ1) is 8.56. The van der Waals surface area contributed by atoms with E-state index < -0.39 is 0 Å². The summed E-state index contributed by atoms with van der Waals surface area (Å²) in [5, 5.41) is 1.28. The van der Waals surface area contributed by atoms with Gasteiger partial charge in [-0.15, -0.1) is 0 Å². The summed E-state index contributed by atoms with van der Waals surface area (Å²) in [5.74, 6) is 0.756. The van der Waals surface area contributed by atoms with Crippen molar-refractivity contribution in [3.05, 3.63) is 57.6 Å². The second-order valence-corrected chi connectivity index (χ2v) is 4.89. The third-order valence-corrected chi connectivity index (χ3v) is 3.21. The molecule has 0 atom stereocenters. The van der Waals surface area contributed by atoms with Crippen LogP contribution in [0.5, 0.6) is 5.75 Å². The highest BCUT2D eigenvalue weighted by molar-refractivity contribution is 6.33. The molecule has 2 aromatic rings. The van der Waals surface area contributed by atoms with Crippen LogP contribution in [0.3, 0.4) is 0 Å². The molecule has 0 amide bonds. The normalized spacial score (nSPS) is 10.4. The lowest BCUT2D eigenvalue weighted by atomic mass is 10.2. The molecule has 0 unspecified atom stereocenters. The fraction of sp³-hybridized carbons (Fsp3) is 0.143. The maximum absolute atomic E-state index is 6.07. The summed E-state index contributed by atoms with van der Waals surface area (Å²) in [6, 6.07) is 10.9. The fourth-order valence-electron chi connectivity index (χ4n) is 1.58. The van der Waals surface area contributed by atoms with Crippen molar-refractivity contribution < 1.29 is 4.74 Å². The summed E-state index contributed by atoms with van der Waals surface area (Å²) in [6.45, 7) is 2.33. The van der Waals surface area contributed by atoms with Crippen molar-refractivity contribution in [3.8, 4) is 5.75 Å². The lowest BCUT2D eigenvalue weighted by Gasteiger charge is -2.11. The molecule has 2 rings (SSSR count). The van der Waals surface area contributed by atoms with Crippen molar-refractivity contribution >= 4 is 28.9 Å². The Bertz CT molecular complexity index is 518. The van der Waals surface area contributed by atoms with E-state index in [1.54, 1.807) is 24.3 Å². The summed E-state index contributed by atoms with van der Waals surface area (Å²) in [5.41, 5.74) is 8.28. The van der Waals surface area contributed by atoms with E-state index in [2.05, 4.69) is 0 Å². The van der Waals surface area contributed by atoms with Crippen LogP contribution in [0.2, 0.25) is 10.0 Å². The highest BCUT2D eigenvalue weighted by atomic mass is 35.5. The largest absolute Gasteiger partial charge is 0.489 e. The quantitative estimate of drug-likeness (QED) is 0.843. The zero-order valence-corrected chi connectivity index (χ0v) is 11.4. The smallest absolute Gasteiger partial charge is 0.124 e. The van der Waals surface area contributed by atoms with Crippen molar-refractivity contribution in [2.75, 3.05) is 5.73 Å². The SMILES string of the molecule is Cc1ccc(N)cc1OCc1cc(Cl)ccc1Cl. The highest BCUT2D eigenvalue weighted by Gasteiger charge is 2.05. The first-order valence-electron chi connectivity index (χ1n) is 5.49. The Hall–Kier alpha value is -1.38. The van der Waals surface area contributed by atoms with Crippen LogP contribution in [0.15, 0.2) is 36.4 Å². The van der Waals surface area contributed by atoms with Crippen molar-refractivity contribution in [2.24, 2.45) is 0 Å². The molecule has 0 saturated carbocycles. The van der Waals surface area contributed by atoms with Crippen LogP contribution in [0.4, 0.5) is 5.69 Å². The molecule has 0 fully saturated rings. The molecule has 2 aromatic carbocycles. The van der Waals surface area contributed by atoms with Gasteiger partial charge in [-0.1, -0.05) is 29.3 Å². The van der Waals surface area contributed by atoms with E-state index in [-0.39, 0.29) is 0 Å². The lowest BCUT2D eigenvalue weighted by Crippen LogP contribution is -1.98. The van der Waals surface area contributed by atoms with Crippen LogP contribution in [0.25, 0.3) is 0 Å². The minimum atomic E-state index is 0.365. The molecule has 2 N–H and O–H groups in total. The Morgan fingerprint density at radius 2 is 1.89 bits per heavy atom. The number of nitrogens with two attached hydrogens (primary N) is 1. The van der Waals surface area contributed by atoms with Gasteiger partial charge in [0.25, 0.3) is 0 Å². The van der Waals surface area contributed by atoms with Gasteiger partial charge in [0.15, 0.2) is 0 Å². The molecule has 0 bridgehead atoms. The predicted molar refractivity (Wildman–Crippen MR) is 76.4 cm³/mol. The molecule has 94 valence electrons. The molecule has 0 saturated heterocycles. The average Bonchev–Trinajstić information content (AvgIpc) is 2.34. The standard InChI is InChI=1S/C14H13Cl2NO/c1-9-2-4-12(17)7-14(9)18-8-10-6-11(15)3-5-13(10)16/h2-7H,8,17H2,1H3. The molecule has 0 aliphatic rings. The van der Waals surface area contributed by atoms with Gasteiger partial charge in [-0.25, -0.2) is 0 Å². The number of ether oxygens (including phenoxy) is 1. The second-order valence-electron chi connectivity index (χ2n) is 4.05. The molecule has 0 radical (unpaired) electrons. The first kappa shape index (κ1) is 13.1. The van der Waals surface area contributed by atoms with Crippen LogP contribution >= 0.6 is 23.2 Å². The molecular weight excluding hydrogens is 269 g/mol. The minimum Gasteiger partial charge on any atom is -0.489 e. The third-order valence-electron chi connectivity index (χ3n) is 2.60. The number of anilines is 1. The molecular formula is C14H13Cl2NO. The van der Waals surface area contributed by atoms with Gasteiger partial charge in [-0.05, 0) is 36.8 Å². The van der Waals surface area contributed by atoms with Crippen LogP contribution < -0.4 is 10.5 Å². The Labute approximate surface area is 116 Å². The van der Waals surface area contributed by atoms with E-state index in [0.29, 0.717) is 22.3 Å². The van der Waals surface area contributed by atoms with Gasteiger partial charge in [0.1, 0.15) is 12.4 Å². The number of hydrogen-bond donors (Lipinski definition) is 1. The van der Waals surface area contributed by atoms with Gasteiger partial charge < -0.3 is 10.5 Å². The van der Waals surface area contributed by atoms with Gasteiger partial charge in [-0.3, -0.25) is 0 Å². The van der Waals surface area contributed by atoms with Crippen molar-refractivity contribution in [1.82, 2.24) is 0 Å². The Morgan fingerprint density at radius 3 is 2.67 bits per heavy atom. The van der Waals surface area contributed by atoms with Gasteiger partial charge in [0, 0.05) is 27.4 Å². The molecule has 0 aliphatic carbocycles. The van der Waals surface area contributed by atoms with E-state index in [4.69, 9.17) is 33.7 Å². The number of halogens is 2. The van der Waals surface area contributed by atoms with Crippen LogP contribution in [0, 0.1) is 6.92 Å². The molecule has 0 aromatic heterocycles. The first-order valence-corrected chi connectivity index (χ1v) is 6.24. The number of nitrogen functional groups attached to an aromatic ring is 1. The molecule has 0 aliphatic heterocycles. The molecule has 0 spiro atoms. The summed E-state index contributed by atoms with van der Waals surface area (Å²) in [7, 11) is 0. The summed E-state index contributed by atoms with van der Waals surface area (Å²) < 4.78 is 5.72. The molecule has 4 heteroatoms. The number of aryl methyl sites for hydroxylation is 1. The predicted octanol–water partition coefficient (Wildman–Crippen LogP) is 4.46. The van der Waals surface area contributed by atoms with Crippen molar-refractivity contribution in [3.63, 3.8) is 0 Å². The van der Waals surface area contributed by atoms with Crippen molar-refractivity contribution in [1.29, 1.82) is 0 Å². The number of rotatable bonds is 3. The Morgan fingerprint density at radius 1 is 1.11 bits per heavy atom. The Balaban J connectivity index is 2.16. The molecule has 2 nitrogen and oxygen atoms in total. The lowest BCUT2D eigenvalue weighted by molar-refractivity contribution is 0.304. The van der Waals surface area contributed by atoms with Gasteiger partial charge in [0.05, 0.1) is 0 Å². The molecule has 0 heterocycles. The van der Waals surface area contributed by atoms with E-state index in [1.807, 2.05) is 19.1 Å². The summed E-state index contributed by atoms with van der Waals surface area (Å²) >= 11 is 12.0. The summed E-state index contributed by atoms with van der Waals surface area (Å²) in [6.07, 6.45) is 0. The van der Waals surface area contributed by atoms with Gasteiger partial charge >= 0.3 is 0 Å². The topological polar surface area (TPSA) is 35.2 Å². The van der Waals surface area contributed by atoms with E-state index >= 15 is 0 Å². The van der Waals surface area contributed by atoms with Gasteiger partial charge in [-0.2, -0.15) is 0 Å². The van der Waals surface area contributed by atoms with E-state index in [0.717, 1.165) is 16.9 Å². The maximum atomic E-state index is 6.07. The number of benzene rings is 2. The monoisotopic (exact) mass is 281 g/mol. The zero-order valence-electron chi connectivity index (χ0n) is 9.91. The Kier molecular flexibility index (Phi) is 4.00. The van der Waals surface area contributed by atoms with E-state index in [1.165, 1.54) is 0 Å². The highest BCUT2D eigenvalue weighted by Crippen LogP contribution is 2.25. The fourth-order valence-corrected chi connectivity index (χ4v) is 1.95. The maximum Gasteiger partial charge on any atom is 0.124 e. The minimum absolute atomic E-state index is 0.365. The summed E-state index contributed by atoms with van der Waals surface area (Å²) in [4.78, 5) is 0. The van der Waals surface area contributed by atoms with Crippen LogP contribution in [0.1, 0.15) is 11.1 Å².